The number of thiophene rings is 1. The number of fused-ring (bicyclic) bond motifs is 1. The second-order valence-corrected chi connectivity index (χ2v) is 7.58. The third-order valence-corrected chi connectivity index (χ3v) is 5.67. The predicted molar refractivity (Wildman–Crippen MR) is 103 cm³/mol. The molecule has 0 bridgehead atoms. The van der Waals surface area contributed by atoms with Gasteiger partial charge in [0.2, 0.25) is 0 Å². The van der Waals surface area contributed by atoms with Crippen molar-refractivity contribution in [2.45, 2.75) is 13.5 Å². The van der Waals surface area contributed by atoms with E-state index in [0.29, 0.717) is 18.0 Å². The molecule has 3 aromatic rings. The van der Waals surface area contributed by atoms with Crippen molar-refractivity contribution in [2.24, 2.45) is 0 Å². The Morgan fingerprint density at radius 3 is 2.76 bits per heavy atom. The van der Waals surface area contributed by atoms with E-state index in [0.717, 1.165) is 26.4 Å². The van der Waals surface area contributed by atoms with Gasteiger partial charge in [-0.05, 0) is 30.7 Å². The lowest BCUT2D eigenvalue weighted by Gasteiger charge is -2.11. The van der Waals surface area contributed by atoms with E-state index in [1.165, 1.54) is 23.5 Å². The summed E-state index contributed by atoms with van der Waals surface area (Å²) in [4.78, 5) is 38.0. The van der Waals surface area contributed by atoms with Gasteiger partial charge in [-0.1, -0.05) is 12.1 Å². The zero-order valence-corrected chi connectivity index (χ0v) is 16.3. The number of hydrogen-bond donors (Lipinski definition) is 1. The average Bonchev–Trinajstić information content (AvgIpc) is 3.39. The van der Waals surface area contributed by atoms with Crippen molar-refractivity contribution >= 4 is 39.5 Å². The van der Waals surface area contributed by atoms with E-state index < -0.39 is 24.5 Å². The smallest absolute Gasteiger partial charge is 0.348 e. The molecule has 3 heterocycles. The van der Waals surface area contributed by atoms with Crippen molar-refractivity contribution in [1.82, 2.24) is 20.0 Å². The van der Waals surface area contributed by atoms with Crippen LogP contribution in [0.3, 0.4) is 0 Å². The molecule has 1 aliphatic heterocycles. The van der Waals surface area contributed by atoms with Crippen LogP contribution in [0.4, 0.5) is 9.18 Å². The molecule has 29 heavy (non-hydrogen) atoms. The van der Waals surface area contributed by atoms with Crippen LogP contribution in [-0.4, -0.2) is 52.3 Å². The molecule has 0 spiro atoms. The number of hydrogen-bond acceptors (Lipinski definition) is 6. The zero-order valence-electron chi connectivity index (χ0n) is 15.5. The highest BCUT2D eigenvalue weighted by Crippen LogP contribution is 2.29. The van der Waals surface area contributed by atoms with Gasteiger partial charge in [0.1, 0.15) is 15.5 Å². The Morgan fingerprint density at radius 2 is 2.07 bits per heavy atom. The van der Waals surface area contributed by atoms with Crippen LogP contribution in [-0.2, 0) is 16.1 Å². The lowest BCUT2D eigenvalue weighted by atomic mass is 10.2. The van der Waals surface area contributed by atoms with Crippen LogP contribution < -0.4 is 5.32 Å². The van der Waals surface area contributed by atoms with E-state index >= 15 is 0 Å². The normalized spacial score (nSPS) is 13.7. The molecule has 0 atom stereocenters. The number of nitrogens with zero attached hydrogens (tertiary/aromatic N) is 3. The molecule has 0 unspecified atom stereocenters. The molecular weight excluding hydrogens is 399 g/mol. The number of benzene rings is 1. The van der Waals surface area contributed by atoms with Crippen molar-refractivity contribution in [3.05, 3.63) is 52.3 Å². The summed E-state index contributed by atoms with van der Waals surface area (Å²) in [6.45, 7) is 2.42. The molecule has 1 aromatic carbocycles. The molecule has 0 radical (unpaired) electrons. The van der Waals surface area contributed by atoms with Gasteiger partial charge >= 0.3 is 12.0 Å². The predicted octanol–water partition coefficient (Wildman–Crippen LogP) is 2.30. The third-order valence-electron chi connectivity index (χ3n) is 4.54. The first-order valence-corrected chi connectivity index (χ1v) is 9.71. The van der Waals surface area contributed by atoms with Gasteiger partial charge in [0.05, 0.1) is 12.2 Å². The summed E-state index contributed by atoms with van der Waals surface area (Å²) in [6.07, 6.45) is 0. The van der Waals surface area contributed by atoms with Crippen molar-refractivity contribution in [3.8, 4) is 0 Å². The SMILES string of the molecule is Cc1nn(Cc2ccc(F)cc2)c2sc(C(=O)OCC(=O)N3CCNC3=O)cc12. The van der Waals surface area contributed by atoms with Gasteiger partial charge < -0.3 is 10.1 Å². The summed E-state index contributed by atoms with van der Waals surface area (Å²) in [6, 6.07) is 7.33. The Labute approximate surface area is 168 Å². The number of aromatic nitrogens is 2. The molecule has 8 nitrogen and oxygen atoms in total. The number of halogens is 1. The number of imide groups is 1. The van der Waals surface area contributed by atoms with Gasteiger partial charge in [-0.3, -0.25) is 14.4 Å². The minimum absolute atomic E-state index is 0.260. The van der Waals surface area contributed by atoms with Gasteiger partial charge in [-0.15, -0.1) is 11.3 Å². The molecule has 0 aliphatic carbocycles. The highest BCUT2D eigenvalue weighted by molar-refractivity contribution is 7.20. The lowest BCUT2D eigenvalue weighted by molar-refractivity contribution is -0.130. The number of rotatable bonds is 5. The lowest BCUT2D eigenvalue weighted by Crippen LogP contribution is -2.37. The molecular formula is C19H17FN4O4S. The summed E-state index contributed by atoms with van der Waals surface area (Å²) in [5.41, 5.74) is 1.63. The summed E-state index contributed by atoms with van der Waals surface area (Å²) in [5.74, 6) is -1.50. The maximum Gasteiger partial charge on any atom is 0.348 e. The fraction of sp³-hybridized carbons (Fsp3) is 0.263. The minimum Gasteiger partial charge on any atom is -0.451 e. The van der Waals surface area contributed by atoms with Gasteiger partial charge in [0.25, 0.3) is 5.91 Å². The summed E-state index contributed by atoms with van der Waals surface area (Å²) >= 11 is 1.21. The monoisotopic (exact) mass is 416 g/mol. The zero-order chi connectivity index (χ0) is 20.5. The number of carbonyl (C=O) groups is 3. The molecule has 3 amide bonds. The van der Waals surface area contributed by atoms with Crippen LogP contribution in [0.2, 0.25) is 0 Å². The molecule has 10 heteroatoms. The second-order valence-electron chi connectivity index (χ2n) is 6.55. The number of carbonyl (C=O) groups excluding carboxylic acids is 3. The molecule has 4 rings (SSSR count). The molecule has 150 valence electrons. The van der Waals surface area contributed by atoms with Crippen molar-refractivity contribution in [3.63, 3.8) is 0 Å². The Balaban J connectivity index is 1.48. The number of urea groups is 1. The van der Waals surface area contributed by atoms with Gasteiger partial charge in [-0.25, -0.2) is 14.0 Å². The first kappa shape index (κ1) is 19.1. The van der Waals surface area contributed by atoms with E-state index in [-0.39, 0.29) is 12.4 Å². The minimum atomic E-state index is -0.633. The molecule has 0 saturated carbocycles. The fourth-order valence-corrected chi connectivity index (χ4v) is 4.12. The number of nitrogens with one attached hydrogen (secondary N) is 1. The number of aryl methyl sites for hydroxylation is 1. The quantitative estimate of drug-likeness (QED) is 0.644. The van der Waals surface area contributed by atoms with Crippen LogP contribution in [0, 0.1) is 12.7 Å². The Hall–Kier alpha value is -3.27. The third kappa shape index (κ3) is 3.83. The molecule has 1 saturated heterocycles. The molecule has 2 aromatic heterocycles. The van der Waals surface area contributed by atoms with Crippen LogP contribution in [0.5, 0.6) is 0 Å². The maximum absolute atomic E-state index is 13.1. The largest absolute Gasteiger partial charge is 0.451 e. The summed E-state index contributed by atoms with van der Waals surface area (Å²) in [7, 11) is 0. The highest BCUT2D eigenvalue weighted by atomic mass is 32.1. The number of esters is 1. The molecule has 1 fully saturated rings. The Kier molecular flexibility index (Phi) is 5.01. The standard InChI is InChI=1S/C19H17FN4O4S/c1-11-14-8-15(18(26)28-10-16(25)23-7-6-21-19(23)27)29-17(14)24(22-11)9-12-2-4-13(20)5-3-12/h2-5,8H,6-7,9-10H2,1H3,(H,21,27). The fourth-order valence-electron chi connectivity index (χ4n) is 3.07. The summed E-state index contributed by atoms with van der Waals surface area (Å²) < 4.78 is 19.9. The van der Waals surface area contributed by atoms with E-state index in [1.54, 1.807) is 22.9 Å². The average molecular weight is 416 g/mol. The van der Waals surface area contributed by atoms with Gasteiger partial charge in [0, 0.05) is 18.5 Å². The molecule has 1 aliphatic rings. The molecule has 1 N–H and O–H groups in total. The van der Waals surface area contributed by atoms with Crippen molar-refractivity contribution in [2.75, 3.05) is 19.7 Å². The van der Waals surface area contributed by atoms with Crippen LogP contribution >= 0.6 is 11.3 Å². The number of amides is 3. The van der Waals surface area contributed by atoms with Crippen LogP contribution in [0.25, 0.3) is 10.2 Å². The van der Waals surface area contributed by atoms with Crippen LogP contribution in [0.1, 0.15) is 20.9 Å². The first-order valence-electron chi connectivity index (χ1n) is 8.89. The van der Waals surface area contributed by atoms with Crippen molar-refractivity contribution in [1.29, 1.82) is 0 Å². The Bertz CT molecular complexity index is 1110. The number of ether oxygens (including phenoxy) is 1. The van der Waals surface area contributed by atoms with Gasteiger partial charge in [-0.2, -0.15) is 5.10 Å². The second kappa shape index (κ2) is 7.63. The van der Waals surface area contributed by atoms with E-state index in [1.807, 2.05) is 6.92 Å². The maximum atomic E-state index is 13.1. The van der Waals surface area contributed by atoms with E-state index in [4.69, 9.17) is 4.74 Å². The highest BCUT2D eigenvalue weighted by Gasteiger charge is 2.27. The van der Waals surface area contributed by atoms with E-state index in [9.17, 15) is 18.8 Å². The van der Waals surface area contributed by atoms with Crippen LogP contribution in [0.15, 0.2) is 30.3 Å². The van der Waals surface area contributed by atoms with Crippen molar-refractivity contribution < 1.29 is 23.5 Å². The Morgan fingerprint density at radius 1 is 1.31 bits per heavy atom. The topological polar surface area (TPSA) is 93.5 Å². The van der Waals surface area contributed by atoms with E-state index in [2.05, 4.69) is 10.4 Å². The van der Waals surface area contributed by atoms with Gasteiger partial charge in [0.15, 0.2) is 6.61 Å². The first-order chi connectivity index (χ1) is 13.9. The summed E-state index contributed by atoms with van der Waals surface area (Å²) in [5, 5.41) is 7.81.